The standard InChI is InChI=1S/C20H22N6O2S/c1-24(2)20(28)19-22-16-12-14(5-6-17(16)29-19)15-4-3-9-25(13-15)18(27)7-10-26-11-8-21-23-26/h4-6,8,11-12H,3,7,9-10,13H2,1-2H3. The van der Waals surface area contributed by atoms with Gasteiger partial charge in [-0.1, -0.05) is 17.4 Å². The van der Waals surface area contributed by atoms with Gasteiger partial charge in [-0.25, -0.2) is 4.98 Å². The molecule has 0 bridgehead atoms. The van der Waals surface area contributed by atoms with Crippen molar-refractivity contribution in [3.63, 3.8) is 0 Å². The largest absolute Gasteiger partial charge is 0.343 e. The Labute approximate surface area is 172 Å². The first kappa shape index (κ1) is 19.3. The van der Waals surface area contributed by atoms with E-state index in [1.54, 1.807) is 31.2 Å². The fraction of sp³-hybridized carbons (Fsp3) is 0.350. The van der Waals surface area contributed by atoms with Crippen LogP contribution in [0.5, 0.6) is 0 Å². The van der Waals surface area contributed by atoms with E-state index >= 15 is 0 Å². The number of benzene rings is 1. The minimum atomic E-state index is -0.0891. The van der Waals surface area contributed by atoms with Gasteiger partial charge in [-0.05, 0) is 29.7 Å². The third kappa shape index (κ3) is 4.19. The van der Waals surface area contributed by atoms with Crippen LogP contribution in [0.2, 0.25) is 0 Å². The third-order valence-electron chi connectivity index (χ3n) is 4.88. The van der Waals surface area contributed by atoms with Crippen molar-refractivity contribution >= 4 is 38.9 Å². The Balaban J connectivity index is 1.47. The van der Waals surface area contributed by atoms with Crippen molar-refractivity contribution in [2.24, 2.45) is 0 Å². The van der Waals surface area contributed by atoms with Gasteiger partial charge in [-0.3, -0.25) is 14.3 Å². The molecule has 3 aromatic rings. The van der Waals surface area contributed by atoms with E-state index in [2.05, 4.69) is 21.4 Å². The smallest absolute Gasteiger partial charge is 0.282 e. The molecule has 0 radical (unpaired) electrons. The van der Waals surface area contributed by atoms with Crippen LogP contribution in [0, 0.1) is 0 Å². The van der Waals surface area contributed by atoms with E-state index in [-0.39, 0.29) is 11.8 Å². The van der Waals surface area contributed by atoms with E-state index in [1.165, 1.54) is 16.2 Å². The number of amides is 2. The van der Waals surface area contributed by atoms with Crippen LogP contribution in [0.25, 0.3) is 15.8 Å². The highest BCUT2D eigenvalue weighted by atomic mass is 32.1. The summed E-state index contributed by atoms with van der Waals surface area (Å²) < 4.78 is 2.65. The number of carbonyl (C=O) groups excluding carboxylic acids is 2. The minimum absolute atomic E-state index is 0.0891. The molecule has 0 saturated carbocycles. The van der Waals surface area contributed by atoms with Crippen LogP contribution < -0.4 is 0 Å². The molecule has 8 nitrogen and oxygen atoms in total. The van der Waals surface area contributed by atoms with Gasteiger partial charge in [-0.15, -0.1) is 16.4 Å². The fourth-order valence-corrected chi connectivity index (χ4v) is 4.26. The SMILES string of the molecule is CN(C)C(=O)c1nc2cc(C3=CCCN(C(=O)CCn4ccnn4)C3)ccc2s1. The van der Waals surface area contributed by atoms with Crippen LogP contribution in [-0.2, 0) is 11.3 Å². The molecule has 1 aromatic carbocycles. The lowest BCUT2D eigenvalue weighted by atomic mass is 10.0. The van der Waals surface area contributed by atoms with Crippen molar-refractivity contribution < 1.29 is 9.59 Å². The molecule has 3 heterocycles. The van der Waals surface area contributed by atoms with Gasteiger partial charge in [0.2, 0.25) is 5.91 Å². The van der Waals surface area contributed by atoms with Crippen LogP contribution >= 0.6 is 11.3 Å². The maximum absolute atomic E-state index is 12.6. The van der Waals surface area contributed by atoms with Gasteiger partial charge in [0.05, 0.1) is 23.0 Å². The highest BCUT2D eigenvalue weighted by Crippen LogP contribution is 2.28. The number of hydrogen-bond acceptors (Lipinski definition) is 6. The van der Waals surface area contributed by atoms with Crippen LogP contribution in [-0.4, -0.2) is 68.8 Å². The molecule has 2 amide bonds. The molecule has 0 atom stereocenters. The van der Waals surface area contributed by atoms with E-state index in [0.29, 0.717) is 24.5 Å². The number of carbonyl (C=O) groups is 2. The summed E-state index contributed by atoms with van der Waals surface area (Å²) in [6.45, 7) is 1.83. The Bertz CT molecular complexity index is 1070. The molecule has 1 aliphatic rings. The molecule has 29 heavy (non-hydrogen) atoms. The lowest BCUT2D eigenvalue weighted by Crippen LogP contribution is -2.35. The summed E-state index contributed by atoms with van der Waals surface area (Å²) in [5.74, 6) is 0.0217. The van der Waals surface area contributed by atoms with Crippen molar-refractivity contribution in [1.29, 1.82) is 0 Å². The van der Waals surface area contributed by atoms with E-state index < -0.39 is 0 Å². The van der Waals surface area contributed by atoms with E-state index in [0.717, 1.165) is 34.3 Å². The van der Waals surface area contributed by atoms with Crippen molar-refractivity contribution in [2.75, 3.05) is 27.2 Å². The van der Waals surface area contributed by atoms with E-state index in [9.17, 15) is 9.59 Å². The van der Waals surface area contributed by atoms with Crippen molar-refractivity contribution in [1.82, 2.24) is 29.8 Å². The first-order valence-corrected chi connectivity index (χ1v) is 10.3. The Morgan fingerprint density at radius 3 is 2.90 bits per heavy atom. The number of hydrogen-bond donors (Lipinski definition) is 0. The molecular formula is C20H22N6O2S. The zero-order valence-electron chi connectivity index (χ0n) is 16.4. The minimum Gasteiger partial charge on any atom is -0.343 e. The quantitative estimate of drug-likeness (QED) is 0.644. The number of rotatable bonds is 5. The van der Waals surface area contributed by atoms with Crippen molar-refractivity contribution in [3.8, 4) is 0 Å². The van der Waals surface area contributed by atoms with Gasteiger partial charge in [0.15, 0.2) is 5.01 Å². The van der Waals surface area contributed by atoms with Crippen molar-refractivity contribution in [2.45, 2.75) is 19.4 Å². The van der Waals surface area contributed by atoms with Gasteiger partial charge in [0, 0.05) is 39.8 Å². The second-order valence-electron chi connectivity index (χ2n) is 7.15. The first-order valence-electron chi connectivity index (χ1n) is 9.45. The van der Waals surface area contributed by atoms with Crippen LogP contribution in [0.1, 0.15) is 28.2 Å². The molecule has 0 unspecified atom stereocenters. The monoisotopic (exact) mass is 410 g/mol. The van der Waals surface area contributed by atoms with Gasteiger partial charge < -0.3 is 9.80 Å². The molecule has 0 N–H and O–H groups in total. The molecule has 4 rings (SSSR count). The van der Waals surface area contributed by atoms with Crippen LogP contribution in [0.4, 0.5) is 0 Å². The first-order chi connectivity index (χ1) is 14.0. The average molecular weight is 411 g/mol. The Morgan fingerprint density at radius 1 is 1.28 bits per heavy atom. The van der Waals surface area contributed by atoms with E-state index in [4.69, 9.17) is 0 Å². The zero-order valence-corrected chi connectivity index (χ0v) is 17.2. The summed E-state index contributed by atoms with van der Waals surface area (Å²) in [6.07, 6.45) is 6.77. The van der Waals surface area contributed by atoms with Gasteiger partial charge in [-0.2, -0.15) is 0 Å². The Morgan fingerprint density at radius 2 is 2.14 bits per heavy atom. The molecule has 9 heteroatoms. The molecule has 0 fully saturated rings. The summed E-state index contributed by atoms with van der Waals surface area (Å²) in [5, 5.41) is 8.15. The highest BCUT2D eigenvalue weighted by molar-refractivity contribution is 7.20. The fourth-order valence-electron chi connectivity index (χ4n) is 3.30. The maximum Gasteiger partial charge on any atom is 0.282 e. The third-order valence-corrected chi connectivity index (χ3v) is 5.90. The average Bonchev–Trinajstić information content (AvgIpc) is 3.40. The molecule has 1 aliphatic heterocycles. The predicted molar refractivity (Wildman–Crippen MR) is 111 cm³/mol. The summed E-state index contributed by atoms with van der Waals surface area (Å²) in [4.78, 5) is 32.7. The second-order valence-corrected chi connectivity index (χ2v) is 8.18. The number of nitrogens with zero attached hydrogens (tertiary/aromatic N) is 6. The topological polar surface area (TPSA) is 84.2 Å². The second kappa shape index (κ2) is 8.12. The summed E-state index contributed by atoms with van der Waals surface area (Å²) in [7, 11) is 3.45. The molecule has 150 valence electrons. The zero-order chi connectivity index (χ0) is 20.4. The number of fused-ring (bicyclic) bond motifs is 1. The molecule has 0 spiro atoms. The van der Waals surface area contributed by atoms with Gasteiger partial charge in [0.1, 0.15) is 0 Å². The Kier molecular flexibility index (Phi) is 5.39. The Hall–Kier alpha value is -3.07. The summed E-state index contributed by atoms with van der Waals surface area (Å²) in [5.41, 5.74) is 2.97. The number of aromatic nitrogens is 4. The van der Waals surface area contributed by atoms with Crippen molar-refractivity contribution in [3.05, 3.63) is 47.2 Å². The lowest BCUT2D eigenvalue weighted by molar-refractivity contribution is -0.131. The van der Waals surface area contributed by atoms with E-state index in [1.807, 2.05) is 23.1 Å². The van der Waals surface area contributed by atoms with Crippen LogP contribution in [0.3, 0.4) is 0 Å². The maximum atomic E-state index is 12.6. The number of thiazole rings is 1. The molecular weight excluding hydrogens is 388 g/mol. The molecule has 0 aliphatic carbocycles. The molecule has 2 aromatic heterocycles. The number of aryl methyl sites for hydroxylation is 1. The van der Waals surface area contributed by atoms with Crippen LogP contribution in [0.15, 0.2) is 36.7 Å². The summed E-state index contributed by atoms with van der Waals surface area (Å²) in [6, 6.07) is 6.05. The van der Waals surface area contributed by atoms with Gasteiger partial charge in [0.25, 0.3) is 5.91 Å². The summed E-state index contributed by atoms with van der Waals surface area (Å²) >= 11 is 1.40. The predicted octanol–water partition coefficient (Wildman–Crippen LogP) is 2.30. The lowest BCUT2D eigenvalue weighted by Gasteiger charge is -2.27. The highest BCUT2D eigenvalue weighted by Gasteiger charge is 2.20. The normalized spacial score (nSPS) is 14.1. The van der Waals surface area contributed by atoms with Gasteiger partial charge >= 0.3 is 0 Å². The molecule has 0 saturated heterocycles.